The second kappa shape index (κ2) is 12.0. The summed E-state index contributed by atoms with van der Waals surface area (Å²) in [4.78, 5) is 41.9. The van der Waals surface area contributed by atoms with Gasteiger partial charge in [-0.2, -0.15) is 0 Å². The van der Waals surface area contributed by atoms with Gasteiger partial charge in [0.15, 0.2) is 22.8 Å². The number of carboxylic acid groups (broad SMARTS) is 1. The first-order chi connectivity index (χ1) is 22.9. The number of ketones is 2. The Morgan fingerprint density at radius 1 is 1.02 bits per heavy atom. The molecule has 1 aromatic carbocycles. The monoisotopic (exact) mass is 674 g/mol. The second-order valence-corrected chi connectivity index (χ2v) is 15.7. The zero-order valence-corrected chi connectivity index (χ0v) is 30.2. The molecule has 2 N–H and O–H groups in total. The molecule has 1 aromatic rings. The van der Waals surface area contributed by atoms with Crippen LogP contribution in [0.5, 0.6) is 17.2 Å². The van der Waals surface area contributed by atoms with E-state index in [0.29, 0.717) is 36.1 Å². The molecule has 264 valence electrons. The van der Waals surface area contributed by atoms with Crippen molar-refractivity contribution in [2.24, 2.45) is 17.8 Å². The van der Waals surface area contributed by atoms with E-state index in [2.05, 4.69) is 19.9 Å². The number of carbonyl (C=O) groups excluding carboxylic acids is 2. The van der Waals surface area contributed by atoms with E-state index in [9.17, 15) is 19.8 Å². The highest BCUT2D eigenvalue weighted by Crippen LogP contribution is 2.70. The molecule has 0 aromatic heterocycles. The SMILES string of the molecule is CCO[C@H]1[C@@H]2CC3C(C)(C)OC(C/C=C(\C)C(=O)O)(C2=O)[C@]32Oc3c(CC=C(C)C)c4c(c(O)c3C(=O)[C@@H]12)C=C[C@@](C)(CCC=C(C)C)O4. The summed E-state index contributed by atoms with van der Waals surface area (Å²) in [5.41, 5.74) is -1.37. The maximum atomic E-state index is 15.2. The van der Waals surface area contributed by atoms with E-state index in [0.717, 1.165) is 12.0 Å². The molecule has 3 heterocycles. The van der Waals surface area contributed by atoms with Crippen molar-refractivity contribution in [3.63, 3.8) is 0 Å². The number of hydrogen-bond acceptors (Lipinski definition) is 8. The molecule has 1 saturated heterocycles. The molecular weight excluding hydrogens is 624 g/mol. The standard InChI is InChI=1S/C40H50O9/c1-10-46-34-26-20-27-37(7,8)49-39(35(26)43,19-15-23(6)36(44)45)40(27)29(34)31(42)28-30(41)24-16-18-38(9,17-11-12-21(2)3)47-32(24)25(33(28)48-40)14-13-22(4)5/h12-13,15-16,18,26-27,29,34,41H,10-11,14,17,19-20H2,1-9H3,(H,44,45)/b23-15+/t26-,27?,29-,34-,38+,39?,40-/m0/s1. The molecule has 4 fully saturated rings. The van der Waals surface area contributed by atoms with Gasteiger partial charge in [0.1, 0.15) is 28.4 Å². The summed E-state index contributed by atoms with van der Waals surface area (Å²) in [6.45, 7) is 17.5. The van der Waals surface area contributed by atoms with Gasteiger partial charge in [0.05, 0.1) is 23.2 Å². The summed E-state index contributed by atoms with van der Waals surface area (Å²) in [6.07, 6.45) is 10.8. The number of carboxylic acids is 1. The average Bonchev–Trinajstić information content (AvgIpc) is 3.15. The van der Waals surface area contributed by atoms with Crippen LogP contribution < -0.4 is 9.47 Å². The summed E-state index contributed by atoms with van der Waals surface area (Å²) in [7, 11) is 0. The Balaban J connectivity index is 1.62. The van der Waals surface area contributed by atoms with Crippen molar-refractivity contribution in [1.29, 1.82) is 0 Å². The van der Waals surface area contributed by atoms with Gasteiger partial charge in [0.25, 0.3) is 0 Å². The van der Waals surface area contributed by atoms with Gasteiger partial charge in [-0.15, -0.1) is 0 Å². The number of hydrogen-bond donors (Lipinski definition) is 2. The normalized spacial score (nSPS) is 33.2. The summed E-state index contributed by atoms with van der Waals surface area (Å²) in [5, 5.41) is 21.7. The number of Topliss-reactive ketones (excluding diaryl/α,β-unsaturated/α-hetero) is 2. The van der Waals surface area contributed by atoms with Crippen LogP contribution in [0.15, 0.2) is 41.0 Å². The van der Waals surface area contributed by atoms with E-state index in [1.165, 1.54) is 18.6 Å². The van der Waals surface area contributed by atoms with Crippen LogP contribution in [-0.4, -0.2) is 62.9 Å². The molecule has 0 amide bonds. The maximum Gasteiger partial charge on any atom is 0.330 e. The Morgan fingerprint density at radius 3 is 2.35 bits per heavy atom. The van der Waals surface area contributed by atoms with Crippen molar-refractivity contribution in [3.05, 3.63) is 57.7 Å². The van der Waals surface area contributed by atoms with Crippen LogP contribution in [0.3, 0.4) is 0 Å². The molecule has 4 bridgehead atoms. The Morgan fingerprint density at radius 2 is 1.71 bits per heavy atom. The number of ether oxygens (including phenoxy) is 4. The predicted molar refractivity (Wildman–Crippen MR) is 185 cm³/mol. The average molecular weight is 675 g/mol. The molecule has 9 nitrogen and oxygen atoms in total. The van der Waals surface area contributed by atoms with Crippen LogP contribution in [0, 0.1) is 17.8 Å². The van der Waals surface area contributed by atoms with Crippen LogP contribution in [0.1, 0.15) is 109 Å². The van der Waals surface area contributed by atoms with Crippen LogP contribution in [-0.2, 0) is 25.5 Å². The number of rotatable bonds is 10. The van der Waals surface area contributed by atoms with Crippen molar-refractivity contribution >= 4 is 23.6 Å². The Hall–Kier alpha value is -3.69. The summed E-state index contributed by atoms with van der Waals surface area (Å²) >= 11 is 0. The Kier molecular flexibility index (Phi) is 8.59. The molecule has 1 spiro atoms. The van der Waals surface area contributed by atoms with Gasteiger partial charge in [0.2, 0.25) is 0 Å². The highest BCUT2D eigenvalue weighted by molar-refractivity contribution is 6.10. The first-order valence-electron chi connectivity index (χ1n) is 17.5. The first kappa shape index (κ1) is 35.1. The number of allylic oxidation sites excluding steroid dienone is 4. The van der Waals surface area contributed by atoms with Crippen LogP contribution >= 0.6 is 0 Å². The molecule has 6 aliphatic rings. The fraction of sp³-hybridized carbons (Fsp3) is 0.575. The topological polar surface area (TPSA) is 129 Å². The molecule has 7 atom stereocenters. The molecule has 49 heavy (non-hydrogen) atoms. The lowest BCUT2D eigenvalue weighted by Gasteiger charge is -2.62. The van der Waals surface area contributed by atoms with Gasteiger partial charge in [-0.25, -0.2) is 4.79 Å². The lowest BCUT2D eigenvalue weighted by molar-refractivity contribution is -0.226. The van der Waals surface area contributed by atoms with E-state index in [1.807, 2.05) is 59.8 Å². The first-order valence-corrected chi connectivity index (χ1v) is 17.5. The highest BCUT2D eigenvalue weighted by atomic mass is 16.6. The van der Waals surface area contributed by atoms with E-state index in [1.54, 1.807) is 0 Å². The summed E-state index contributed by atoms with van der Waals surface area (Å²) < 4.78 is 27.2. The summed E-state index contributed by atoms with van der Waals surface area (Å²) in [6, 6.07) is 0. The van der Waals surface area contributed by atoms with Gasteiger partial charge in [-0.1, -0.05) is 29.4 Å². The molecule has 7 rings (SSSR count). The quantitative estimate of drug-likeness (QED) is 0.194. The van der Waals surface area contributed by atoms with Crippen LogP contribution in [0.2, 0.25) is 0 Å². The van der Waals surface area contributed by atoms with Crippen molar-refractivity contribution in [1.82, 2.24) is 0 Å². The number of phenols is 1. The zero-order valence-electron chi connectivity index (χ0n) is 30.2. The molecule has 3 aliphatic heterocycles. The van der Waals surface area contributed by atoms with Crippen molar-refractivity contribution < 1.29 is 43.5 Å². The number of phenolic OH excluding ortho intramolecular Hbond substituents is 1. The van der Waals surface area contributed by atoms with Gasteiger partial charge >= 0.3 is 5.97 Å². The third-order valence-corrected chi connectivity index (χ3v) is 11.4. The van der Waals surface area contributed by atoms with Gasteiger partial charge in [-0.3, -0.25) is 9.59 Å². The van der Waals surface area contributed by atoms with Crippen molar-refractivity contribution in [2.75, 3.05) is 6.61 Å². The molecule has 2 unspecified atom stereocenters. The lowest BCUT2D eigenvalue weighted by Crippen LogP contribution is -2.80. The maximum absolute atomic E-state index is 15.2. The van der Waals surface area contributed by atoms with Crippen molar-refractivity contribution in [2.45, 2.75) is 123 Å². The molecule has 3 aliphatic carbocycles. The molecular formula is C40H50O9. The summed E-state index contributed by atoms with van der Waals surface area (Å²) in [5.74, 6) is -3.36. The van der Waals surface area contributed by atoms with Gasteiger partial charge in [-0.05, 0) is 100 Å². The van der Waals surface area contributed by atoms with Crippen molar-refractivity contribution in [3.8, 4) is 17.2 Å². The van der Waals surface area contributed by atoms with E-state index < -0.39 is 52.2 Å². The van der Waals surface area contributed by atoms with Gasteiger partial charge in [0, 0.05) is 36.0 Å². The number of carbonyl (C=O) groups is 3. The van der Waals surface area contributed by atoms with E-state index >= 15 is 4.79 Å². The third-order valence-electron chi connectivity index (χ3n) is 11.4. The van der Waals surface area contributed by atoms with Gasteiger partial charge < -0.3 is 29.2 Å². The Labute approximate surface area is 289 Å². The fourth-order valence-corrected chi connectivity index (χ4v) is 9.14. The highest BCUT2D eigenvalue weighted by Gasteiger charge is 2.85. The van der Waals surface area contributed by atoms with E-state index in [-0.39, 0.29) is 47.2 Å². The second-order valence-electron chi connectivity index (χ2n) is 15.7. The molecule has 0 radical (unpaired) electrons. The minimum atomic E-state index is -1.66. The molecule has 3 saturated carbocycles. The minimum Gasteiger partial charge on any atom is -0.506 e. The number of benzene rings is 1. The zero-order chi connectivity index (χ0) is 35.8. The fourth-order valence-electron chi connectivity index (χ4n) is 9.14. The van der Waals surface area contributed by atoms with Crippen LogP contribution in [0.25, 0.3) is 6.08 Å². The largest absolute Gasteiger partial charge is 0.506 e. The minimum absolute atomic E-state index is 0.0576. The predicted octanol–water partition coefficient (Wildman–Crippen LogP) is 7.33. The van der Waals surface area contributed by atoms with Crippen LogP contribution in [0.4, 0.5) is 0 Å². The smallest absolute Gasteiger partial charge is 0.330 e. The Bertz CT molecular complexity index is 1740. The number of aliphatic carboxylic acids is 1. The van der Waals surface area contributed by atoms with E-state index in [4.69, 9.17) is 18.9 Å². The third kappa shape index (κ3) is 5.13. The number of aromatic hydroxyl groups is 1. The number of fused-ring (bicyclic) bond motifs is 2. The molecule has 9 heteroatoms. The lowest BCUT2D eigenvalue weighted by atomic mass is 9.45.